The lowest BCUT2D eigenvalue weighted by Crippen LogP contribution is -2.25. The van der Waals surface area contributed by atoms with Crippen LogP contribution in [0.3, 0.4) is 0 Å². The summed E-state index contributed by atoms with van der Waals surface area (Å²) in [4.78, 5) is 12.6. The van der Waals surface area contributed by atoms with Crippen LogP contribution in [0.15, 0.2) is 30.3 Å². The highest BCUT2D eigenvalue weighted by Gasteiger charge is 2.33. The number of methoxy groups -OCH3 is 1. The first kappa shape index (κ1) is 21.2. The van der Waals surface area contributed by atoms with Gasteiger partial charge in [0.1, 0.15) is 12.4 Å². The average Bonchev–Trinajstić information content (AvgIpc) is 3.14. The predicted molar refractivity (Wildman–Crippen MR) is 117 cm³/mol. The molecule has 0 fully saturated rings. The normalized spacial score (nSPS) is 14.8. The Labute approximate surface area is 185 Å². The van der Waals surface area contributed by atoms with E-state index in [2.05, 4.69) is 26.5 Å². The fourth-order valence-corrected chi connectivity index (χ4v) is 3.78. The number of carbonyl (C=O) groups excluding carboxylic acids is 1. The monoisotopic (exact) mass is 433 g/mol. The number of amides is 1. The summed E-state index contributed by atoms with van der Waals surface area (Å²) in [5.41, 5.74) is 2.62. The van der Waals surface area contributed by atoms with Crippen molar-refractivity contribution in [2.75, 3.05) is 25.6 Å². The van der Waals surface area contributed by atoms with Gasteiger partial charge in [-0.2, -0.15) is 9.78 Å². The summed E-state index contributed by atoms with van der Waals surface area (Å²) in [5.74, 6) is 4.72. The third kappa shape index (κ3) is 3.95. The van der Waals surface area contributed by atoms with E-state index in [9.17, 15) is 4.79 Å². The van der Waals surface area contributed by atoms with Crippen molar-refractivity contribution in [3.8, 4) is 35.5 Å². The minimum atomic E-state index is -0.209. The summed E-state index contributed by atoms with van der Waals surface area (Å²) in [6.45, 7) is 4.42. The van der Waals surface area contributed by atoms with Crippen LogP contribution >= 0.6 is 0 Å². The van der Waals surface area contributed by atoms with Crippen molar-refractivity contribution < 1.29 is 19.0 Å². The van der Waals surface area contributed by atoms with E-state index in [0.717, 1.165) is 16.8 Å². The Hall–Kier alpha value is -4.06. The van der Waals surface area contributed by atoms with E-state index in [1.54, 1.807) is 16.8 Å². The number of anilines is 1. The van der Waals surface area contributed by atoms with Gasteiger partial charge in [-0.05, 0) is 37.6 Å². The van der Waals surface area contributed by atoms with Crippen LogP contribution in [-0.4, -0.2) is 46.2 Å². The summed E-state index contributed by atoms with van der Waals surface area (Å²) >= 11 is 0. The standard InChI is InChI=1S/C23H23N5O4/c1-5-11-32-17-8-7-15(12-18(17)31-6-2)16-13-20(29)24-23-22(16)14(3)27-28(23)19-9-10-21(30-4)26-25-19/h1,7-10,12,16H,6,11,13H2,2-4H3,(H,24,29)/t16-/m0/s1. The molecular formula is C23H23N5O4. The van der Waals surface area contributed by atoms with Gasteiger partial charge in [0.15, 0.2) is 17.3 Å². The van der Waals surface area contributed by atoms with Gasteiger partial charge in [0, 0.05) is 24.0 Å². The molecule has 0 aliphatic carbocycles. The number of terminal acetylenes is 1. The topological polar surface area (TPSA) is 100 Å². The summed E-state index contributed by atoms with van der Waals surface area (Å²) < 4.78 is 18.0. The molecule has 0 radical (unpaired) electrons. The van der Waals surface area contributed by atoms with Gasteiger partial charge in [-0.3, -0.25) is 4.79 Å². The first-order valence-electron chi connectivity index (χ1n) is 10.2. The summed E-state index contributed by atoms with van der Waals surface area (Å²) in [5, 5.41) is 15.7. The molecule has 9 nitrogen and oxygen atoms in total. The molecule has 0 bridgehead atoms. The SMILES string of the molecule is C#CCOc1ccc([C@@H]2CC(=O)Nc3c2c(C)nn3-c2ccc(OC)nn2)cc1OCC. The molecule has 4 rings (SSSR count). The Morgan fingerprint density at radius 3 is 2.75 bits per heavy atom. The van der Waals surface area contributed by atoms with Crippen LogP contribution in [0, 0.1) is 19.3 Å². The number of carbonyl (C=O) groups is 1. The number of rotatable bonds is 7. The van der Waals surface area contributed by atoms with Crippen molar-refractivity contribution in [2.24, 2.45) is 0 Å². The Kier molecular flexibility index (Phi) is 5.94. The fraction of sp³-hybridized carbons (Fsp3) is 0.304. The number of fused-ring (bicyclic) bond motifs is 1. The highest BCUT2D eigenvalue weighted by molar-refractivity contribution is 5.95. The molecule has 3 aromatic rings. The Morgan fingerprint density at radius 2 is 2.06 bits per heavy atom. The van der Waals surface area contributed by atoms with E-state index >= 15 is 0 Å². The van der Waals surface area contributed by atoms with Crippen molar-refractivity contribution in [1.29, 1.82) is 0 Å². The first-order valence-corrected chi connectivity index (χ1v) is 10.2. The van der Waals surface area contributed by atoms with Crippen LogP contribution < -0.4 is 19.5 Å². The summed E-state index contributed by atoms with van der Waals surface area (Å²) in [6, 6.07) is 9.06. The zero-order valence-corrected chi connectivity index (χ0v) is 18.1. The van der Waals surface area contributed by atoms with Crippen LogP contribution in [0.25, 0.3) is 5.82 Å². The number of hydrogen-bond acceptors (Lipinski definition) is 7. The molecule has 1 amide bonds. The van der Waals surface area contributed by atoms with Crippen molar-refractivity contribution in [3.63, 3.8) is 0 Å². The van der Waals surface area contributed by atoms with E-state index in [1.807, 2.05) is 32.0 Å². The van der Waals surface area contributed by atoms with E-state index in [0.29, 0.717) is 35.6 Å². The third-order valence-corrected chi connectivity index (χ3v) is 5.14. The number of nitrogens with zero attached hydrogens (tertiary/aromatic N) is 4. The van der Waals surface area contributed by atoms with E-state index < -0.39 is 0 Å². The van der Waals surface area contributed by atoms with Gasteiger partial charge in [0.25, 0.3) is 0 Å². The number of aromatic nitrogens is 4. The molecule has 1 aromatic carbocycles. The number of hydrogen-bond donors (Lipinski definition) is 1. The maximum Gasteiger partial charge on any atom is 0.233 e. The molecule has 0 saturated carbocycles. The van der Waals surface area contributed by atoms with Crippen LogP contribution in [0.2, 0.25) is 0 Å². The van der Waals surface area contributed by atoms with Crippen molar-refractivity contribution in [3.05, 3.63) is 47.2 Å². The lowest BCUT2D eigenvalue weighted by Gasteiger charge is -2.25. The van der Waals surface area contributed by atoms with Crippen molar-refractivity contribution in [2.45, 2.75) is 26.2 Å². The third-order valence-electron chi connectivity index (χ3n) is 5.14. The van der Waals surface area contributed by atoms with Crippen LogP contribution in [-0.2, 0) is 4.79 Å². The molecule has 1 aliphatic heterocycles. The Bertz CT molecular complexity index is 1180. The smallest absolute Gasteiger partial charge is 0.233 e. The highest BCUT2D eigenvalue weighted by Crippen LogP contribution is 2.42. The molecule has 1 N–H and O–H groups in total. The zero-order chi connectivity index (χ0) is 22.7. The molecule has 1 aliphatic rings. The van der Waals surface area contributed by atoms with Gasteiger partial charge >= 0.3 is 0 Å². The van der Waals surface area contributed by atoms with Gasteiger partial charge < -0.3 is 19.5 Å². The maximum atomic E-state index is 12.6. The van der Waals surface area contributed by atoms with Gasteiger partial charge in [0.05, 0.1) is 19.4 Å². The molecule has 0 unspecified atom stereocenters. The Morgan fingerprint density at radius 1 is 1.22 bits per heavy atom. The number of aryl methyl sites for hydroxylation is 1. The minimum Gasteiger partial charge on any atom is -0.490 e. The van der Waals surface area contributed by atoms with Gasteiger partial charge in [-0.1, -0.05) is 12.0 Å². The second-order valence-electron chi connectivity index (χ2n) is 7.13. The van der Waals surface area contributed by atoms with Gasteiger partial charge in [-0.25, -0.2) is 0 Å². The maximum absolute atomic E-state index is 12.6. The zero-order valence-electron chi connectivity index (χ0n) is 18.1. The molecule has 32 heavy (non-hydrogen) atoms. The van der Waals surface area contributed by atoms with Gasteiger partial charge in [-0.15, -0.1) is 16.6 Å². The number of ether oxygens (including phenoxy) is 3. The van der Waals surface area contributed by atoms with Crippen LogP contribution in [0.4, 0.5) is 5.82 Å². The second-order valence-corrected chi connectivity index (χ2v) is 7.13. The Balaban J connectivity index is 1.77. The quantitative estimate of drug-likeness (QED) is 0.572. The predicted octanol–water partition coefficient (Wildman–Crippen LogP) is 2.86. The summed E-state index contributed by atoms with van der Waals surface area (Å²) in [7, 11) is 1.52. The average molecular weight is 433 g/mol. The molecule has 1 atom stereocenters. The highest BCUT2D eigenvalue weighted by atomic mass is 16.5. The molecular weight excluding hydrogens is 410 g/mol. The van der Waals surface area contributed by atoms with Gasteiger partial charge in [0.2, 0.25) is 11.8 Å². The van der Waals surface area contributed by atoms with E-state index in [-0.39, 0.29) is 24.9 Å². The van der Waals surface area contributed by atoms with Crippen LogP contribution in [0.5, 0.6) is 17.4 Å². The van der Waals surface area contributed by atoms with Crippen molar-refractivity contribution in [1.82, 2.24) is 20.0 Å². The lowest BCUT2D eigenvalue weighted by atomic mass is 9.85. The molecule has 164 valence electrons. The largest absolute Gasteiger partial charge is 0.490 e. The molecule has 3 heterocycles. The van der Waals surface area contributed by atoms with E-state index in [1.165, 1.54) is 7.11 Å². The minimum absolute atomic E-state index is 0.115. The molecule has 0 spiro atoms. The van der Waals surface area contributed by atoms with Crippen LogP contribution in [0.1, 0.15) is 36.1 Å². The van der Waals surface area contributed by atoms with E-state index in [4.69, 9.17) is 20.6 Å². The first-order chi connectivity index (χ1) is 15.5. The fourth-order valence-electron chi connectivity index (χ4n) is 3.78. The lowest BCUT2D eigenvalue weighted by molar-refractivity contribution is -0.116. The molecule has 9 heteroatoms. The molecule has 0 saturated heterocycles. The van der Waals surface area contributed by atoms with Crippen molar-refractivity contribution >= 4 is 11.7 Å². The molecule has 2 aromatic heterocycles. The second kappa shape index (κ2) is 8.98. The summed E-state index contributed by atoms with van der Waals surface area (Å²) in [6.07, 6.45) is 5.59. The number of benzene rings is 1. The number of nitrogens with one attached hydrogen (secondary N) is 1.